The van der Waals surface area contributed by atoms with Crippen molar-refractivity contribution in [3.63, 3.8) is 0 Å². The van der Waals surface area contributed by atoms with Gasteiger partial charge in [-0.2, -0.15) is 0 Å². The molecular formula is C22H21NO. The van der Waals surface area contributed by atoms with Crippen LogP contribution in [-0.4, -0.2) is 7.05 Å². The van der Waals surface area contributed by atoms with Crippen LogP contribution in [0.1, 0.15) is 18.1 Å². The number of nitrogens with zero attached hydrogens (tertiary/aromatic N) is 1. The van der Waals surface area contributed by atoms with Gasteiger partial charge in [0.1, 0.15) is 5.58 Å². The standard InChI is InChI=1S/C22H21NO/c1-4-16-7-5-8-18-19-9-6-10-20(22(19)24-21(16)18)23(3)17-13-11-15(2)12-14-17/h5-14H,4H2,1-3H3. The topological polar surface area (TPSA) is 16.4 Å². The highest BCUT2D eigenvalue weighted by Gasteiger charge is 2.15. The van der Waals surface area contributed by atoms with Crippen molar-refractivity contribution in [1.29, 1.82) is 0 Å². The minimum atomic E-state index is 0.955. The van der Waals surface area contributed by atoms with Gasteiger partial charge in [0.05, 0.1) is 5.69 Å². The molecule has 0 unspecified atom stereocenters. The van der Waals surface area contributed by atoms with Gasteiger partial charge >= 0.3 is 0 Å². The fraction of sp³-hybridized carbons (Fsp3) is 0.182. The average Bonchev–Trinajstić information content (AvgIpc) is 3.00. The smallest absolute Gasteiger partial charge is 0.159 e. The van der Waals surface area contributed by atoms with E-state index in [-0.39, 0.29) is 0 Å². The Bertz CT molecular complexity index is 1010. The van der Waals surface area contributed by atoms with E-state index in [4.69, 9.17) is 4.42 Å². The number of furan rings is 1. The largest absolute Gasteiger partial charge is 0.454 e. The zero-order valence-electron chi connectivity index (χ0n) is 14.3. The van der Waals surface area contributed by atoms with Gasteiger partial charge < -0.3 is 9.32 Å². The molecule has 1 aromatic heterocycles. The molecule has 24 heavy (non-hydrogen) atoms. The first-order chi connectivity index (χ1) is 11.7. The van der Waals surface area contributed by atoms with Crippen molar-refractivity contribution in [2.45, 2.75) is 20.3 Å². The van der Waals surface area contributed by atoms with Crippen molar-refractivity contribution in [2.75, 3.05) is 11.9 Å². The number of fused-ring (bicyclic) bond motifs is 3. The maximum atomic E-state index is 6.33. The Balaban J connectivity index is 1.94. The molecule has 0 aliphatic rings. The van der Waals surface area contributed by atoms with Gasteiger partial charge in [0.15, 0.2) is 5.58 Å². The van der Waals surface area contributed by atoms with Crippen molar-refractivity contribution in [2.24, 2.45) is 0 Å². The minimum Gasteiger partial charge on any atom is -0.454 e. The number of hydrogen-bond acceptors (Lipinski definition) is 2. The van der Waals surface area contributed by atoms with Gasteiger partial charge in [0, 0.05) is 23.5 Å². The molecule has 0 N–H and O–H groups in total. The van der Waals surface area contributed by atoms with E-state index in [1.54, 1.807) is 0 Å². The lowest BCUT2D eigenvalue weighted by Crippen LogP contribution is -2.09. The third-order valence-electron chi connectivity index (χ3n) is 4.75. The molecule has 0 spiro atoms. The van der Waals surface area contributed by atoms with Gasteiger partial charge in [-0.1, -0.05) is 55.0 Å². The van der Waals surface area contributed by atoms with Crippen molar-refractivity contribution >= 4 is 33.3 Å². The van der Waals surface area contributed by atoms with E-state index in [1.807, 2.05) is 0 Å². The van der Waals surface area contributed by atoms with Crippen LogP contribution in [-0.2, 0) is 6.42 Å². The summed E-state index contributed by atoms with van der Waals surface area (Å²) in [6, 6.07) is 21.4. The van der Waals surface area contributed by atoms with Crippen LogP contribution in [0.5, 0.6) is 0 Å². The highest BCUT2D eigenvalue weighted by atomic mass is 16.3. The number of hydrogen-bond donors (Lipinski definition) is 0. The van der Waals surface area contributed by atoms with Crippen LogP contribution >= 0.6 is 0 Å². The highest BCUT2D eigenvalue weighted by molar-refractivity contribution is 6.10. The predicted octanol–water partition coefficient (Wildman–Crippen LogP) is 6.22. The zero-order chi connectivity index (χ0) is 16.7. The second-order valence-electron chi connectivity index (χ2n) is 6.30. The van der Waals surface area contributed by atoms with E-state index < -0.39 is 0 Å². The Morgan fingerprint density at radius 1 is 0.833 bits per heavy atom. The van der Waals surface area contributed by atoms with Crippen molar-refractivity contribution in [1.82, 2.24) is 0 Å². The number of benzene rings is 3. The molecule has 1 heterocycles. The number of anilines is 2. The fourth-order valence-corrected chi connectivity index (χ4v) is 3.31. The first-order valence-corrected chi connectivity index (χ1v) is 8.42. The van der Waals surface area contributed by atoms with Gasteiger partial charge in [-0.25, -0.2) is 0 Å². The molecule has 120 valence electrons. The lowest BCUT2D eigenvalue weighted by atomic mass is 10.1. The van der Waals surface area contributed by atoms with Gasteiger partial charge in [-0.3, -0.25) is 0 Å². The lowest BCUT2D eigenvalue weighted by Gasteiger charge is -2.19. The Hall–Kier alpha value is -2.74. The van der Waals surface area contributed by atoms with Crippen LogP contribution in [0.15, 0.2) is 65.1 Å². The molecule has 3 aromatic carbocycles. The molecule has 0 saturated heterocycles. The molecular weight excluding hydrogens is 294 g/mol. The van der Waals surface area contributed by atoms with Crippen LogP contribution < -0.4 is 4.90 Å². The van der Waals surface area contributed by atoms with Crippen LogP contribution in [0.25, 0.3) is 21.9 Å². The molecule has 0 atom stereocenters. The van der Waals surface area contributed by atoms with E-state index in [2.05, 4.69) is 86.5 Å². The lowest BCUT2D eigenvalue weighted by molar-refractivity contribution is 0.663. The quantitative estimate of drug-likeness (QED) is 0.446. The van der Waals surface area contributed by atoms with Crippen LogP contribution in [0, 0.1) is 6.92 Å². The molecule has 0 bridgehead atoms. The molecule has 0 amide bonds. The summed E-state index contributed by atoms with van der Waals surface area (Å²) in [4.78, 5) is 2.19. The predicted molar refractivity (Wildman–Crippen MR) is 102 cm³/mol. The van der Waals surface area contributed by atoms with Crippen LogP contribution in [0.2, 0.25) is 0 Å². The molecule has 0 aliphatic carbocycles. The summed E-state index contributed by atoms with van der Waals surface area (Å²) in [7, 11) is 2.09. The minimum absolute atomic E-state index is 0.955. The van der Waals surface area contributed by atoms with Gasteiger partial charge in [-0.15, -0.1) is 0 Å². The molecule has 4 aromatic rings. The highest BCUT2D eigenvalue weighted by Crippen LogP contribution is 2.38. The van der Waals surface area contributed by atoms with E-state index >= 15 is 0 Å². The van der Waals surface area contributed by atoms with Crippen molar-refractivity contribution < 1.29 is 4.42 Å². The molecule has 0 saturated carbocycles. The fourth-order valence-electron chi connectivity index (χ4n) is 3.31. The molecule has 0 radical (unpaired) electrons. The number of para-hydroxylation sites is 2. The summed E-state index contributed by atoms with van der Waals surface area (Å²) in [5, 5.41) is 2.38. The normalized spacial score (nSPS) is 11.3. The molecule has 4 rings (SSSR count). The molecule has 0 aliphatic heterocycles. The second kappa shape index (κ2) is 5.72. The van der Waals surface area contributed by atoms with Gasteiger partial charge in [0.2, 0.25) is 0 Å². The van der Waals surface area contributed by atoms with Crippen LogP contribution in [0.3, 0.4) is 0 Å². The Morgan fingerprint density at radius 3 is 2.21 bits per heavy atom. The average molecular weight is 315 g/mol. The van der Waals surface area contributed by atoms with Crippen LogP contribution in [0.4, 0.5) is 11.4 Å². The molecule has 2 nitrogen and oxygen atoms in total. The summed E-state index contributed by atoms with van der Waals surface area (Å²) in [6.45, 7) is 4.28. The maximum absolute atomic E-state index is 6.33. The Kier molecular flexibility index (Phi) is 3.53. The summed E-state index contributed by atoms with van der Waals surface area (Å²) in [5.41, 5.74) is 6.74. The van der Waals surface area contributed by atoms with E-state index in [1.165, 1.54) is 21.9 Å². The summed E-state index contributed by atoms with van der Waals surface area (Å²) in [6.07, 6.45) is 0.973. The van der Waals surface area contributed by atoms with E-state index in [9.17, 15) is 0 Å². The summed E-state index contributed by atoms with van der Waals surface area (Å²) in [5.74, 6) is 0. The van der Waals surface area contributed by atoms with Crippen molar-refractivity contribution in [3.05, 3.63) is 71.8 Å². The first kappa shape index (κ1) is 14.8. The zero-order valence-corrected chi connectivity index (χ0v) is 14.3. The monoisotopic (exact) mass is 315 g/mol. The third-order valence-corrected chi connectivity index (χ3v) is 4.75. The maximum Gasteiger partial charge on any atom is 0.159 e. The molecule has 2 heteroatoms. The van der Waals surface area contributed by atoms with E-state index in [0.717, 1.165) is 29.0 Å². The summed E-state index contributed by atoms with van der Waals surface area (Å²) < 4.78 is 6.33. The summed E-state index contributed by atoms with van der Waals surface area (Å²) >= 11 is 0. The third kappa shape index (κ3) is 2.26. The molecule has 0 fully saturated rings. The number of rotatable bonds is 3. The van der Waals surface area contributed by atoms with Gasteiger partial charge in [-0.05, 0) is 37.1 Å². The van der Waals surface area contributed by atoms with E-state index in [0.29, 0.717) is 0 Å². The van der Waals surface area contributed by atoms with Gasteiger partial charge in [0.25, 0.3) is 0 Å². The Labute approximate surface area is 142 Å². The Morgan fingerprint density at radius 2 is 1.50 bits per heavy atom. The number of aryl methyl sites for hydroxylation is 2. The first-order valence-electron chi connectivity index (χ1n) is 8.42. The SMILES string of the molecule is CCc1cccc2c1oc1c(N(C)c3ccc(C)cc3)cccc12. The second-order valence-corrected chi connectivity index (χ2v) is 6.30. The van der Waals surface area contributed by atoms with Crippen molar-refractivity contribution in [3.8, 4) is 0 Å².